The summed E-state index contributed by atoms with van der Waals surface area (Å²) < 4.78 is 0. The van der Waals surface area contributed by atoms with E-state index >= 15 is 0 Å². The Bertz CT molecular complexity index is 360. The van der Waals surface area contributed by atoms with E-state index in [1.54, 1.807) is 12.4 Å². The van der Waals surface area contributed by atoms with Gasteiger partial charge >= 0.3 is 0 Å². The van der Waals surface area contributed by atoms with Gasteiger partial charge in [0.25, 0.3) is 0 Å². The van der Waals surface area contributed by atoms with Gasteiger partial charge in [0.05, 0.1) is 12.5 Å². The summed E-state index contributed by atoms with van der Waals surface area (Å²) in [4.78, 5) is 6.39. The normalized spacial score (nSPS) is 16.8. The topological polar surface area (TPSA) is 52.0 Å². The number of nitrogens with zero attached hydrogens (tertiary/aromatic N) is 3. The van der Waals surface area contributed by atoms with Crippen LogP contribution >= 0.6 is 24.8 Å². The Hall–Kier alpha value is -0.860. The van der Waals surface area contributed by atoms with Gasteiger partial charge < -0.3 is 5.32 Å². The second-order valence-electron chi connectivity index (χ2n) is 3.94. The van der Waals surface area contributed by atoms with Gasteiger partial charge in [-0.25, -0.2) is 0 Å². The number of rotatable bonds is 3. The van der Waals surface area contributed by atoms with Crippen LogP contribution in [0.1, 0.15) is 18.0 Å². The van der Waals surface area contributed by atoms with Crippen molar-refractivity contribution in [3.8, 4) is 6.07 Å². The van der Waals surface area contributed by atoms with E-state index < -0.39 is 0 Å². The van der Waals surface area contributed by atoms with E-state index in [0.29, 0.717) is 6.42 Å². The number of piperazine rings is 1. The summed E-state index contributed by atoms with van der Waals surface area (Å²) in [5, 5.41) is 12.2. The van der Waals surface area contributed by atoms with Crippen molar-refractivity contribution in [2.24, 2.45) is 0 Å². The first-order valence-electron chi connectivity index (χ1n) is 5.63. The van der Waals surface area contributed by atoms with E-state index in [4.69, 9.17) is 5.26 Å². The fourth-order valence-corrected chi connectivity index (χ4v) is 2.12. The summed E-state index contributed by atoms with van der Waals surface area (Å²) in [7, 11) is 0. The molecule has 1 atom stereocenters. The molecule has 1 aliphatic heterocycles. The SMILES string of the molecule is Cl.Cl.N#CC[C@@H](c1ccncc1)N1CCNCC1. The molecule has 0 saturated carbocycles. The van der Waals surface area contributed by atoms with E-state index in [2.05, 4.69) is 21.3 Å². The van der Waals surface area contributed by atoms with Crippen molar-refractivity contribution in [2.75, 3.05) is 26.2 Å². The lowest BCUT2D eigenvalue weighted by molar-refractivity contribution is 0.175. The van der Waals surface area contributed by atoms with E-state index in [1.807, 2.05) is 12.1 Å². The Morgan fingerprint density at radius 1 is 1.28 bits per heavy atom. The first kappa shape index (κ1) is 17.1. The fourth-order valence-electron chi connectivity index (χ4n) is 2.12. The van der Waals surface area contributed by atoms with Gasteiger partial charge in [-0.1, -0.05) is 0 Å². The number of aromatic nitrogens is 1. The van der Waals surface area contributed by atoms with E-state index in [-0.39, 0.29) is 30.9 Å². The molecule has 0 radical (unpaired) electrons. The molecule has 0 bridgehead atoms. The molecule has 4 nitrogen and oxygen atoms in total. The molecule has 2 rings (SSSR count). The van der Waals surface area contributed by atoms with Crippen molar-refractivity contribution in [1.82, 2.24) is 15.2 Å². The minimum absolute atomic E-state index is 0. The molecule has 2 heterocycles. The van der Waals surface area contributed by atoms with Crippen LogP contribution in [-0.4, -0.2) is 36.1 Å². The molecule has 1 aromatic rings. The largest absolute Gasteiger partial charge is 0.314 e. The molecule has 100 valence electrons. The third kappa shape index (κ3) is 4.43. The fraction of sp³-hybridized carbons (Fsp3) is 0.500. The van der Waals surface area contributed by atoms with Crippen LogP contribution in [-0.2, 0) is 0 Å². The number of hydrogen-bond acceptors (Lipinski definition) is 4. The lowest BCUT2D eigenvalue weighted by Crippen LogP contribution is -2.45. The molecule has 1 aromatic heterocycles. The molecular weight excluding hydrogens is 271 g/mol. The average Bonchev–Trinajstić information content (AvgIpc) is 2.38. The van der Waals surface area contributed by atoms with Gasteiger partial charge in [0, 0.05) is 44.6 Å². The Morgan fingerprint density at radius 3 is 2.44 bits per heavy atom. The zero-order valence-electron chi connectivity index (χ0n) is 10.1. The Kier molecular flexibility index (Phi) is 8.69. The summed E-state index contributed by atoms with van der Waals surface area (Å²) in [5.41, 5.74) is 1.19. The number of nitrogens with one attached hydrogen (secondary N) is 1. The Morgan fingerprint density at radius 2 is 1.89 bits per heavy atom. The van der Waals surface area contributed by atoms with Crippen molar-refractivity contribution in [2.45, 2.75) is 12.5 Å². The first-order chi connectivity index (χ1) is 7.92. The van der Waals surface area contributed by atoms with Gasteiger partial charge in [-0.15, -0.1) is 24.8 Å². The highest BCUT2D eigenvalue weighted by molar-refractivity contribution is 5.85. The predicted octanol–water partition coefficient (Wildman–Crippen LogP) is 1.79. The molecule has 1 saturated heterocycles. The quantitative estimate of drug-likeness (QED) is 0.921. The summed E-state index contributed by atoms with van der Waals surface area (Å²) in [6.07, 6.45) is 4.13. The highest BCUT2D eigenvalue weighted by Crippen LogP contribution is 2.23. The maximum absolute atomic E-state index is 8.92. The predicted molar refractivity (Wildman–Crippen MR) is 76.1 cm³/mol. The van der Waals surface area contributed by atoms with Gasteiger partial charge in [-0.3, -0.25) is 9.88 Å². The van der Waals surface area contributed by atoms with Crippen LogP contribution in [0.4, 0.5) is 0 Å². The molecule has 0 spiro atoms. The van der Waals surface area contributed by atoms with Gasteiger partial charge in [0.15, 0.2) is 0 Å². The number of hydrogen-bond donors (Lipinski definition) is 1. The van der Waals surface area contributed by atoms with Gasteiger partial charge in [0.1, 0.15) is 0 Å². The van der Waals surface area contributed by atoms with E-state index in [9.17, 15) is 0 Å². The van der Waals surface area contributed by atoms with Crippen molar-refractivity contribution in [3.63, 3.8) is 0 Å². The molecule has 0 unspecified atom stereocenters. The smallest absolute Gasteiger partial charge is 0.0641 e. The molecule has 0 aromatic carbocycles. The summed E-state index contributed by atoms with van der Waals surface area (Å²) in [5.74, 6) is 0. The zero-order valence-corrected chi connectivity index (χ0v) is 11.7. The van der Waals surface area contributed by atoms with Crippen molar-refractivity contribution in [1.29, 1.82) is 5.26 Å². The number of halogens is 2. The molecule has 1 aliphatic rings. The van der Waals surface area contributed by atoms with Crippen molar-refractivity contribution in [3.05, 3.63) is 30.1 Å². The molecule has 1 fully saturated rings. The monoisotopic (exact) mass is 288 g/mol. The zero-order chi connectivity index (χ0) is 11.2. The third-order valence-corrected chi connectivity index (χ3v) is 2.97. The van der Waals surface area contributed by atoms with Crippen LogP contribution in [0, 0.1) is 11.3 Å². The van der Waals surface area contributed by atoms with E-state index in [0.717, 1.165) is 26.2 Å². The maximum Gasteiger partial charge on any atom is 0.0641 e. The Labute approximate surface area is 120 Å². The van der Waals surface area contributed by atoms with E-state index in [1.165, 1.54) is 5.56 Å². The highest BCUT2D eigenvalue weighted by atomic mass is 35.5. The molecule has 18 heavy (non-hydrogen) atoms. The standard InChI is InChI=1S/C12H16N4.2ClH/c13-4-1-12(11-2-5-14-6-3-11)16-9-7-15-8-10-16;;/h2-3,5-6,12,15H,1,7-10H2;2*1H/t12-;;/m0../s1. The second-order valence-corrected chi connectivity index (χ2v) is 3.94. The second kappa shape index (κ2) is 9.12. The minimum Gasteiger partial charge on any atom is -0.314 e. The minimum atomic E-state index is 0. The lowest BCUT2D eigenvalue weighted by atomic mass is 10.0. The summed E-state index contributed by atoms with van der Waals surface area (Å²) >= 11 is 0. The Balaban J connectivity index is 0.00000144. The van der Waals surface area contributed by atoms with Crippen LogP contribution in [0.5, 0.6) is 0 Å². The number of pyridine rings is 1. The van der Waals surface area contributed by atoms with Crippen LogP contribution in [0.2, 0.25) is 0 Å². The molecule has 6 heteroatoms. The first-order valence-corrected chi connectivity index (χ1v) is 5.63. The van der Waals surface area contributed by atoms with Crippen LogP contribution < -0.4 is 5.32 Å². The van der Waals surface area contributed by atoms with Crippen LogP contribution in [0.25, 0.3) is 0 Å². The van der Waals surface area contributed by atoms with Crippen LogP contribution in [0.3, 0.4) is 0 Å². The highest BCUT2D eigenvalue weighted by Gasteiger charge is 2.21. The maximum atomic E-state index is 8.92. The van der Waals surface area contributed by atoms with Gasteiger partial charge in [0.2, 0.25) is 0 Å². The summed E-state index contributed by atoms with van der Waals surface area (Å²) in [6, 6.07) is 6.51. The van der Waals surface area contributed by atoms with Gasteiger partial charge in [-0.05, 0) is 17.7 Å². The lowest BCUT2D eigenvalue weighted by Gasteiger charge is -2.33. The van der Waals surface area contributed by atoms with Gasteiger partial charge in [-0.2, -0.15) is 5.26 Å². The third-order valence-electron chi connectivity index (χ3n) is 2.97. The molecule has 0 amide bonds. The molecule has 1 N–H and O–H groups in total. The van der Waals surface area contributed by atoms with Crippen molar-refractivity contribution < 1.29 is 0 Å². The molecule has 0 aliphatic carbocycles. The van der Waals surface area contributed by atoms with Crippen molar-refractivity contribution >= 4 is 24.8 Å². The average molecular weight is 289 g/mol. The summed E-state index contributed by atoms with van der Waals surface area (Å²) in [6.45, 7) is 4.03. The van der Waals surface area contributed by atoms with Crippen LogP contribution in [0.15, 0.2) is 24.5 Å². The number of nitriles is 1. The molecular formula is C12H18Cl2N4.